The monoisotopic (exact) mass is 426 g/mol. The summed E-state index contributed by atoms with van der Waals surface area (Å²) in [5.74, 6) is 1.56. The van der Waals surface area contributed by atoms with Crippen molar-refractivity contribution >= 4 is 17.9 Å². The molecule has 0 saturated carbocycles. The van der Waals surface area contributed by atoms with Crippen molar-refractivity contribution < 1.29 is 23.5 Å². The first kappa shape index (κ1) is 22.5. The quantitative estimate of drug-likeness (QED) is 0.650. The topological polar surface area (TPSA) is 81.0 Å². The third kappa shape index (κ3) is 6.38. The molecule has 166 valence electrons. The van der Waals surface area contributed by atoms with Gasteiger partial charge < -0.3 is 24.1 Å². The summed E-state index contributed by atoms with van der Waals surface area (Å²) in [7, 11) is 1.60. The molecule has 1 aromatic carbocycles. The fourth-order valence-corrected chi connectivity index (χ4v) is 3.38. The summed E-state index contributed by atoms with van der Waals surface area (Å²) in [5.41, 5.74) is 1.41. The second kappa shape index (κ2) is 10.7. The third-order valence-electron chi connectivity index (χ3n) is 5.08. The van der Waals surface area contributed by atoms with E-state index in [-0.39, 0.29) is 17.9 Å². The minimum atomic E-state index is -0.154. The molecular weight excluding hydrogens is 396 g/mol. The summed E-state index contributed by atoms with van der Waals surface area (Å²) >= 11 is 0. The van der Waals surface area contributed by atoms with Gasteiger partial charge in [-0.15, -0.1) is 0 Å². The van der Waals surface area contributed by atoms with Gasteiger partial charge in [-0.05, 0) is 48.6 Å². The molecule has 0 spiro atoms. The Balaban J connectivity index is 1.49. The van der Waals surface area contributed by atoms with Gasteiger partial charge in [0, 0.05) is 25.2 Å². The first-order chi connectivity index (χ1) is 15.0. The minimum Gasteiger partial charge on any atom is -0.493 e. The van der Waals surface area contributed by atoms with Crippen LogP contribution in [0.4, 0.5) is 0 Å². The van der Waals surface area contributed by atoms with E-state index in [2.05, 4.69) is 19.2 Å². The maximum atomic E-state index is 12.3. The Kier molecular flexibility index (Phi) is 7.76. The summed E-state index contributed by atoms with van der Waals surface area (Å²) in [6.07, 6.45) is 7.67. The predicted octanol–water partition coefficient (Wildman–Crippen LogP) is 3.76. The Morgan fingerprint density at radius 2 is 2.00 bits per heavy atom. The van der Waals surface area contributed by atoms with Crippen LogP contribution in [-0.2, 0) is 4.79 Å². The number of likely N-dealkylation sites (tertiary alicyclic amines) is 1. The summed E-state index contributed by atoms with van der Waals surface area (Å²) in [4.78, 5) is 26.5. The van der Waals surface area contributed by atoms with Crippen molar-refractivity contribution in [1.29, 1.82) is 0 Å². The number of furan rings is 1. The molecule has 2 heterocycles. The number of nitrogens with zero attached hydrogens (tertiary/aromatic N) is 1. The molecule has 7 nitrogen and oxygen atoms in total. The number of piperidine rings is 1. The number of nitrogens with one attached hydrogen (secondary N) is 1. The number of rotatable bonds is 8. The molecule has 7 heteroatoms. The van der Waals surface area contributed by atoms with E-state index in [9.17, 15) is 9.59 Å². The van der Waals surface area contributed by atoms with Gasteiger partial charge >= 0.3 is 0 Å². The fraction of sp³-hybridized carbons (Fsp3) is 0.417. The van der Waals surface area contributed by atoms with Crippen molar-refractivity contribution in [1.82, 2.24) is 10.2 Å². The van der Waals surface area contributed by atoms with E-state index in [0.29, 0.717) is 42.7 Å². The molecule has 2 amide bonds. The highest BCUT2D eigenvalue weighted by Gasteiger charge is 2.24. The van der Waals surface area contributed by atoms with Crippen LogP contribution >= 0.6 is 0 Å². The van der Waals surface area contributed by atoms with Crippen molar-refractivity contribution in [3.8, 4) is 11.5 Å². The number of hydrogen-bond donors (Lipinski definition) is 1. The highest BCUT2D eigenvalue weighted by Crippen LogP contribution is 2.29. The Labute approximate surface area is 183 Å². The average Bonchev–Trinajstić information content (AvgIpc) is 3.31. The molecule has 2 aromatic rings. The first-order valence-corrected chi connectivity index (χ1v) is 10.6. The third-order valence-corrected chi connectivity index (χ3v) is 5.08. The molecule has 3 rings (SSSR count). The van der Waals surface area contributed by atoms with Crippen LogP contribution in [0, 0.1) is 5.92 Å². The zero-order valence-electron chi connectivity index (χ0n) is 18.3. The van der Waals surface area contributed by atoms with Crippen molar-refractivity contribution in [2.75, 3.05) is 26.8 Å². The Bertz CT molecular complexity index is 897. The molecule has 0 unspecified atom stereocenters. The van der Waals surface area contributed by atoms with Gasteiger partial charge in [0.2, 0.25) is 5.91 Å². The Hall–Kier alpha value is -3.22. The lowest BCUT2D eigenvalue weighted by Crippen LogP contribution is -2.46. The van der Waals surface area contributed by atoms with Crippen molar-refractivity contribution in [3.05, 3.63) is 54.0 Å². The van der Waals surface area contributed by atoms with E-state index in [1.54, 1.807) is 24.2 Å². The molecule has 1 aromatic heterocycles. The largest absolute Gasteiger partial charge is 0.493 e. The van der Waals surface area contributed by atoms with E-state index in [1.807, 2.05) is 18.2 Å². The van der Waals surface area contributed by atoms with E-state index in [4.69, 9.17) is 13.9 Å². The lowest BCUT2D eigenvalue weighted by molar-refractivity contribution is -0.117. The highest BCUT2D eigenvalue weighted by atomic mass is 16.5. The first-order valence-electron chi connectivity index (χ1n) is 10.6. The number of hydrogen-bond acceptors (Lipinski definition) is 5. The van der Waals surface area contributed by atoms with Crippen LogP contribution in [0.3, 0.4) is 0 Å². The molecule has 31 heavy (non-hydrogen) atoms. The Morgan fingerprint density at radius 1 is 1.23 bits per heavy atom. The molecule has 0 radical (unpaired) electrons. The van der Waals surface area contributed by atoms with Crippen LogP contribution in [0.25, 0.3) is 6.08 Å². The minimum absolute atomic E-state index is 0.0341. The molecule has 1 saturated heterocycles. The van der Waals surface area contributed by atoms with Gasteiger partial charge in [-0.1, -0.05) is 19.9 Å². The standard InChI is InChI=1S/C24H30N2O5/c1-17(2)15-31-21-6-4-18(14-22(21)29-3)5-7-23(27)25-20-8-11-26(12-9-20)24(28)19-10-13-30-16-19/h4-7,10,13-14,16-17,20H,8-9,11-12,15H2,1-3H3,(H,25,27)/b7-5+. The van der Waals surface area contributed by atoms with E-state index < -0.39 is 0 Å². The molecule has 1 fully saturated rings. The molecule has 1 aliphatic rings. The van der Waals surface area contributed by atoms with E-state index in [1.165, 1.54) is 18.6 Å². The van der Waals surface area contributed by atoms with Gasteiger partial charge in [0.1, 0.15) is 6.26 Å². The van der Waals surface area contributed by atoms with Crippen molar-refractivity contribution in [3.63, 3.8) is 0 Å². The highest BCUT2D eigenvalue weighted by molar-refractivity contribution is 5.94. The van der Waals surface area contributed by atoms with Crippen molar-refractivity contribution in [2.45, 2.75) is 32.7 Å². The smallest absolute Gasteiger partial charge is 0.257 e. The number of carbonyl (C=O) groups is 2. The van der Waals surface area contributed by atoms with Gasteiger partial charge in [-0.3, -0.25) is 9.59 Å². The summed E-state index contributed by atoms with van der Waals surface area (Å²) in [5, 5.41) is 3.02. The molecule has 0 atom stereocenters. The van der Waals surface area contributed by atoms with E-state index in [0.717, 1.165) is 18.4 Å². The zero-order chi connectivity index (χ0) is 22.2. The van der Waals surface area contributed by atoms with Crippen LogP contribution in [-0.4, -0.2) is 49.6 Å². The van der Waals surface area contributed by atoms with Gasteiger partial charge in [0.05, 0.1) is 25.5 Å². The lowest BCUT2D eigenvalue weighted by Gasteiger charge is -2.32. The molecule has 1 aliphatic heterocycles. The summed E-state index contributed by atoms with van der Waals surface area (Å²) in [6.45, 7) is 5.99. The van der Waals surface area contributed by atoms with Gasteiger partial charge in [0.15, 0.2) is 11.5 Å². The maximum absolute atomic E-state index is 12.3. The SMILES string of the molecule is COc1cc(/C=C/C(=O)NC2CCN(C(=O)c3ccoc3)CC2)ccc1OCC(C)C. The Morgan fingerprint density at radius 3 is 2.65 bits per heavy atom. The maximum Gasteiger partial charge on any atom is 0.257 e. The van der Waals surface area contributed by atoms with Crippen LogP contribution in [0.5, 0.6) is 11.5 Å². The molecular formula is C24H30N2O5. The second-order valence-electron chi connectivity index (χ2n) is 8.04. The molecule has 0 bridgehead atoms. The second-order valence-corrected chi connectivity index (χ2v) is 8.04. The van der Waals surface area contributed by atoms with Crippen LogP contribution < -0.4 is 14.8 Å². The zero-order valence-corrected chi connectivity index (χ0v) is 18.3. The van der Waals surface area contributed by atoms with Gasteiger partial charge in [-0.25, -0.2) is 0 Å². The van der Waals surface area contributed by atoms with Crippen LogP contribution in [0.15, 0.2) is 47.3 Å². The predicted molar refractivity (Wildman–Crippen MR) is 118 cm³/mol. The number of benzene rings is 1. The lowest BCUT2D eigenvalue weighted by atomic mass is 10.0. The fourth-order valence-electron chi connectivity index (χ4n) is 3.38. The average molecular weight is 427 g/mol. The van der Waals surface area contributed by atoms with Gasteiger partial charge in [-0.2, -0.15) is 0 Å². The van der Waals surface area contributed by atoms with Gasteiger partial charge in [0.25, 0.3) is 5.91 Å². The molecule has 1 N–H and O–H groups in total. The number of carbonyl (C=O) groups excluding carboxylic acids is 2. The number of ether oxygens (including phenoxy) is 2. The van der Waals surface area contributed by atoms with Crippen LogP contribution in [0.1, 0.15) is 42.6 Å². The molecule has 0 aliphatic carbocycles. The summed E-state index contributed by atoms with van der Waals surface area (Å²) < 4.78 is 16.1. The van der Waals surface area contributed by atoms with Crippen LogP contribution in [0.2, 0.25) is 0 Å². The number of amides is 2. The van der Waals surface area contributed by atoms with E-state index >= 15 is 0 Å². The summed E-state index contributed by atoms with van der Waals surface area (Å²) in [6, 6.07) is 7.30. The normalized spacial score (nSPS) is 14.8. The van der Waals surface area contributed by atoms with Crippen molar-refractivity contribution in [2.24, 2.45) is 5.92 Å². The number of methoxy groups -OCH3 is 1.